The number of nitro benzene ring substituents is 1. The van der Waals surface area contributed by atoms with E-state index in [0.717, 1.165) is 43.7 Å². The Kier molecular flexibility index (Phi) is 6.60. The number of carbonyl (C=O) groups is 1. The number of ether oxygens (including phenoxy) is 1. The number of carbonyl (C=O) groups excluding carboxylic acids is 1. The van der Waals surface area contributed by atoms with E-state index in [1.807, 2.05) is 0 Å². The van der Waals surface area contributed by atoms with Crippen LogP contribution < -0.4 is 10.6 Å². The Morgan fingerprint density at radius 1 is 1.15 bits per heavy atom. The van der Waals surface area contributed by atoms with Crippen molar-refractivity contribution in [1.29, 1.82) is 0 Å². The van der Waals surface area contributed by atoms with Gasteiger partial charge in [0.2, 0.25) is 0 Å². The average molecular weight is 555 g/mol. The number of nitrogens with one attached hydrogen (secondary N) is 2. The van der Waals surface area contributed by atoms with E-state index in [1.54, 1.807) is 53.8 Å². The van der Waals surface area contributed by atoms with Crippen molar-refractivity contribution in [2.45, 2.75) is 38.9 Å². The summed E-state index contributed by atoms with van der Waals surface area (Å²) in [5.41, 5.74) is 3.93. The number of nitrogens with zero attached hydrogens (tertiary/aromatic N) is 4. The summed E-state index contributed by atoms with van der Waals surface area (Å²) < 4.78 is 6.89. The molecule has 10 nitrogen and oxygen atoms in total. The van der Waals surface area contributed by atoms with E-state index in [4.69, 9.17) is 9.72 Å². The maximum absolute atomic E-state index is 12.5. The summed E-state index contributed by atoms with van der Waals surface area (Å²) in [7, 11) is 0. The Bertz CT molecular complexity index is 1770. The molecule has 0 atom stereocenters. The molecule has 0 saturated heterocycles. The van der Waals surface area contributed by atoms with Crippen LogP contribution in [0.4, 0.5) is 17.2 Å². The highest BCUT2D eigenvalue weighted by atomic mass is 32.1. The van der Waals surface area contributed by atoms with Gasteiger partial charge in [-0.25, -0.2) is 15.0 Å². The number of aromatic nitrogens is 3. The van der Waals surface area contributed by atoms with E-state index in [1.165, 1.54) is 12.4 Å². The Balaban J connectivity index is 1.19. The molecule has 0 unspecified atom stereocenters. The molecule has 202 valence electrons. The van der Waals surface area contributed by atoms with Gasteiger partial charge in [0.05, 0.1) is 33.0 Å². The maximum Gasteiger partial charge on any atom is 0.293 e. The second-order valence-electron chi connectivity index (χ2n) is 10.3. The molecule has 2 aromatic carbocycles. The molecule has 1 aliphatic heterocycles. The first-order valence-electron chi connectivity index (χ1n) is 12.8. The standard InChI is InChI=1S/C29H26N6O4S/c1-29(2)14-22-19(15-39-29)13-20-24-25(40-28(20)34-22)26(32-16-31-24)30-11-10-17-8-9-21(23(12-17)35(37)38)33-27(36)18-6-4-3-5-7-18/h3-9,12-13,16H,10-11,14-15H2,1-2H3,(H,33,36)(H,30,31,32). The summed E-state index contributed by atoms with van der Waals surface area (Å²) >= 11 is 1.55. The lowest BCUT2D eigenvalue weighted by Gasteiger charge is -2.30. The van der Waals surface area contributed by atoms with Gasteiger partial charge < -0.3 is 15.4 Å². The third-order valence-electron chi connectivity index (χ3n) is 6.87. The molecule has 0 fully saturated rings. The van der Waals surface area contributed by atoms with Crippen molar-refractivity contribution in [1.82, 2.24) is 15.0 Å². The molecule has 0 spiro atoms. The van der Waals surface area contributed by atoms with E-state index < -0.39 is 10.8 Å². The largest absolute Gasteiger partial charge is 0.370 e. The van der Waals surface area contributed by atoms with Crippen molar-refractivity contribution in [3.05, 3.63) is 93.4 Å². The SMILES string of the molecule is CC1(C)Cc2nc3sc4c(NCCc5ccc(NC(=O)c6ccccc6)c([N+](=O)[O-])c5)ncnc4c3cc2CO1. The lowest BCUT2D eigenvalue weighted by atomic mass is 9.95. The normalized spacial score (nSPS) is 14.2. The Labute approximate surface area is 233 Å². The van der Waals surface area contributed by atoms with Crippen LogP contribution in [0, 0.1) is 10.1 Å². The van der Waals surface area contributed by atoms with Gasteiger partial charge in [0.1, 0.15) is 22.7 Å². The molecule has 6 rings (SSSR count). The predicted octanol–water partition coefficient (Wildman–Crippen LogP) is 5.91. The third kappa shape index (κ3) is 5.08. The lowest BCUT2D eigenvalue weighted by Crippen LogP contribution is -2.32. The molecule has 4 heterocycles. The number of amides is 1. The Morgan fingerprint density at radius 2 is 1.98 bits per heavy atom. The quantitative estimate of drug-likeness (QED) is 0.188. The molecular weight excluding hydrogens is 528 g/mol. The summed E-state index contributed by atoms with van der Waals surface area (Å²) in [6.07, 6.45) is 2.80. The number of fused-ring (bicyclic) bond motifs is 4. The highest BCUT2D eigenvalue weighted by Crippen LogP contribution is 2.38. The van der Waals surface area contributed by atoms with Gasteiger partial charge in [-0.2, -0.15) is 0 Å². The topological polar surface area (TPSA) is 132 Å². The van der Waals surface area contributed by atoms with E-state index in [0.29, 0.717) is 31.0 Å². The molecule has 5 aromatic rings. The average Bonchev–Trinajstić information content (AvgIpc) is 3.30. The molecule has 2 N–H and O–H groups in total. The highest BCUT2D eigenvalue weighted by Gasteiger charge is 2.28. The van der Waals surface area contributed by atoms with E-state index in [-0.39, 0.29) is 17.0 Å². The van der Waals surface area contributed by atoms with Crippen LogP contribution in [0.3, 0.4) is 0 Å². The van der Waals surface area contributed by atoms with E-state index in [9.17, 15) is 14.9 Å². The van der Waals surface area contributed by atoms with Gasteiger partial charge >= 0.3 is 0 Å². The fraction of sp³-hybridized carbons (Fsp3) is 0.241. The Hall–Kier alpha value is -4.48. The van der Waals surface area contributed by atoms with Crippen molar-refractivity contribution in [2.75, 3.05) is 17.2 Å². The zero-order valence-corrected chi connectivity index (χ0v) is 22.7. The lowest BCUT2D eigenvalue weighted by molar-refractivity contribution is -0.384. The fourth-order valence-electron chi connectivity index (χ4n) is 4.81. The van der Waals surface area contributed by atoms with Crippen LogP contribution in [0.1, 0.15) is 41.0 Å². The summed E-state index contributed by atoms with van der Waals surface area (Å²) in [5.74, 6) is 0.296. The van der Waals surface area contributed by atoms with Crippen LogP contribution in [0.2, 0.25) is 0 Å². The molecule has 0 aliphatic carbocycles. The minimum absolute atomic E-state index is 0.155. The molecule has 1 aliphatic rings. The molecule has 40 heavy (non-hydrogen) atoms. The molecule has 0 bridgehead atoms. The van der Waals surface area contributed by atoms with Crippen molar-refractivity contribution in [3.8, 4) is 0 Å². The van der Waals surface area contributed by atoms with Gasteiger partial charge in [-0.05, 0) is 50.1 Å². The molecular formula is C29H26N6O4S. The summed E-state index contributed by atoms with van der Waals surface area (Å²) in [6.45, 7) is 5.17. The number of anilines is 2. The summed E-state index contributed by atoms with van der Waals surface area (Å²) in [6, 6.07) is 15.6. The number of pyridine rings is 1. The molecule has 3 aromatic heterocycles. The van der Waals surface area contributed by atoms with Crippen LogP contribution in [-0.4, -0.2) is 37.9 Å². The number of thiophene rings is 1. The van der Waals surface area contributed by atoms with Crippen molar-refractivity contribution < 1.29 is 14.5 Å². The van der Waals surface area contributed by atoms with Crippen LogP contribution in [0.15, 0.2) is 60.9 Å². The highest BCUT2D eigenvalue weighted by molar-refractivity contribution is 7.25. The fourth-order valence-corrected chi connectivity index (χ4v) is 5.91. The van der Waals surface area contributed by atoms with E-state index >= 15 is 0 Å². The summed E-state index contributed by atoms with van der Waals surface area (Å²) in [4.78, 5) is 38.6. The van der Waals surface area contributed by atoms with Gasteiger partial charge in [0, 0.05) is 35.5 Å². The van der Waals surface area contributed by atoms with Gasteiger partial charge in [-0.15, -0.1) is 11.3 Å². The molecule has 0 radical (unpaired) electrons. The van der Waals surface area contributed by atoms with Gasteiger partial charge in [-0.3, -0.25) is 14.9 Å². The van der Waals surface area contributed by atoms with Gasteiger partial charge in [-0.1, -0.05) is 24.3 Å². The van der Waals surface area contributed by atoms with Gasteiger partial charge in [0.25, 0.3) is 11.6 Å². The van der Waals surface area contributed by atoms with Crippen molar-refractivity contribution >= 4 is 54.9 Å². The second-order valence-corrected chi connectivity index (χ2v) is 11.3. The van der Waals surface area contributed by atoms with Gasteiger partial charge in [0.15, 0.2) is 0 Å². The van der Waals surface area contributed by atoms with Crippen LogP contribution in [0.5, 0.6) is 0 Å². The van der Waals surface area contributed by atoms with Crippen molar-refractivity contribution in [2.24, 2.45) is 0 Å². The number of nitro groups is 1. The van der Waals surface area contributed by atoms with Crippen molar-refractivity contribution in [3.63, 3.8) is 0 Å². The van der Waals surface area contributed by atoms with Crippen LogP contribution >= 0.6 is 11.3 Å². The molecule has 0 saturated carbocycles. The van der Waals surface area contributed by atoms with Crippen LogP contribution in [-0.2, 0) is 24.2 Å². The monoisotopic (exact) mass is 554 g/mol. The third-order valence-corrected chi connectivity index (χ3v) is 7.97. The number of hydrogen-bond donors (Lipinski definition) is 2. The van der Waals surface area contributed by atoms with Crippen LogP contribution in [0.25, 0.3) is 20.4 Å². The number of hydrogen-bond acceptors (Lipinski definition) is 9. The smallest absolute Gasteiger partial charge is 0.293 e. The Morgan fingerprint density at radius 3 is 2.77 bits per heavy atom. The maximum atomic E-state index is 12.5. The zero-order chi connectivity index (χ0) is 27.9. The zero-order valence-electron chi connectivity index (χ0n) is 21.9. The number of benzene rings is 2. The summed E-state index contributed by atoms with van der Waals surface area (Å²) in [5, 5.41) is 18.8. The minimum atomic E-state index is -0.485. The number of rotatable bonds is 7. The molecule has 11 heteroatoms. The first-order valence-corrected chi connectivity index (χ1v) is 13.7. The predicted molar refractivity (Wildman–Crippen MR) is 155 cm³/mol. The van der Waals surface area contributed by atoms with E-state index in [2.05, 4.69) is 40.5 Å². The first-order chi connectivity index (χ1) is 19.3. The molecule has 1 amide bonds. The minimum Gasteiger partial charge on any atom is -0.370 e. The first kappa shape index (κ1) is 25.8. The second kappa shape index (κ2) is 10.2.